The summed E-state index contributed by atoms with van der Waals surface area (Å²) >= 11 is 0. The topological polar surface area (TPSA) is 75.6 Å². The molecule has 2 N–H and O–H groups in total. The molecule has 1 atom stereocenters. The summed E-state index contributed by atoms with van der Waals surface area (Å²) in [7, 11) is 1.38. The average molecular weight is 297 g/mol. The van der Waals surface area contributed by atoms with Crippen molar-refractivity contribution in [2.45, 2.75) is 38.6 Å². The van der Waals surface area contributed by atoms with Crippen LogP contribution >= 0.6 is 0 Å². The molecule has 6 heteroatoms. The molecule has 0 aliphatic rings. The highest BCUT2D eigenvalue weighted by atomic mass is 19.1. The van der Waals surface area contributed by atoms with Crippen LogP contribution in [0.3, 0.4) is 0 Å². The predicted octanol–water partition coefficient (Wildman–Crippen LogP) is 2.14. The molecule has 0 aliphatic carbocycles. The second kappa shape index (κ2) is 7.06. The van der Waals surface area contributed by atoms with Gasteiger partial charge in [-0.15, -0.1) is 0 Å². The number of benzene rings is 1. The number of nitrogens with one attached hydrogen (secondary N) is 1. The van der Waals surface area contributed by atoms with E-state index in [0.717, 1.165) is 0 Å². The number of carbonyl (C=O) groups excluding carboxylic acids is 1. The van der Waals surface area contributed by atoms with E-state index in [2.05, 4.69) is 5.32 Å². The first-order chi connectivity index (χ1) is 9.82. The summed E-state index contributed by atoms with van der Waals surface area (Å²) < 4.78 is 18.3. The quantitative estimate of drug-likeness (QED) is 0.808. The maximum absolute atomic E-state index is 13.5. The van der Waals surface area contributed by atoms with E-state index in [-0.39, 0.29) is 24.5 Å². The van der Waals surface area contributed by atoms with Crippen molar-refractivity contribution in [3.05, 3.63) is 29.6 Å². The van der Waals surface area contributed by atoms with Gasteiger partial charge in [0.15, 0.2) is 11.6 Å². The SMILES string of the molecule is CCC(C)(NC(=O)CCc1ccc(OC)c(F)c1)C(=O)O. The van der Waals surface area contributed by atoms with Crippen LogP contribution in [0.15, 0.2) is 18.2 Å². The minimum atomic E-state index is -1.28. The van der Waals surface area contributed by atoms with Crippen molar-refractivity contribution in [3.8, 4) is 5.75 Å². The average Bonchev–Trinajstić information content (AvgIpc) is 2.44. The lowest BCUT2D eigenvalue weighted by Gasteiger charge is -2.24. The lowest BCUT2D eigenvalue weighted by molar-refractivity contribution is -0.147. The van der Waals surface area contributed by atoms with Crippen molar-refractivity contribution in [1.29, 1.82) is 0 Å². The molecule has 21 heavy (non-hydrogen) atoms. The molecule has 0 aromatic heterocycles. The Bertz CT molecular complexity index is 532. The van der Waals surface area contributed by atoms with Crippen LogP contribution in [0.1, 0.15) is 32.3 Å². The first-order valence-corrected chi connectivity index (χ1v) is 6.69. The Balaban J connectivity index is 2.61. The highest BCUT2D eigenvalue weighted by Gasteiger charge is 2.32. The summed E-state index contributed by atoms with van der Waals surface area (Å²) in [6, 6.07) is 4.48. The van der Waals surface area contributed by atoms with Crippen molar-refractivity contribution in [2.75, 3.05) is 7.11 Å². The monoisotopic (exact) mass is 297 g/mol. The number of methoxy groups -OCH3 is 1. The summed E-state index contributed by atoms with van der Waals surface area (Å²) in [5, 5.41) is 11.6. The normalized spacial score (nSPS) is 13.3. The third kappa shape index (κ3) is 4.44. The van der Waals surface area contributed by atoms with E-state index in [1.165, 1.54) is 26.2 Å². The Morgan fingerprint density at radius 1 is 1.43 bits per heavy atom. The fraction of sp³-hybridized carbons (Fsp3) is 0.467. The van der Waals surface area contributed by atoms with E-state index >= 15 is 0 Å². The molecule has 0 bridgehead atoms. The van der Waals surface area contributed by atoms with Crippen LogP contribution in [-0.4, -0.2) is 29.6 Å². The van der Waals surface area contributed by atoms with Gasteiger partial charge in [0.1, 0.15) is 5.54 Å². The van der Waals surface area contributed by atoms with E-state index in [1.807, 2.05) is 0 Å². The molecule has 1 amide bonds. The molecule has 0 fully saturated rings. The Morgan fingerprint density at radius 3 is 2.57 bits per heavy atom. The summed E-state index contributed by atoms with van der Waals surface area (Å²) in [5.74, 6) is -1.79. The predicted molar refractivity (Wildman–Crippen MR) is 75.7 cm³/mol. The Hall–Kier alpha value is -2.11. The van der Waals surface area contributed by atoms with Crippen molar-refractivity contribution in [1.82, 2.24) is 5.32 Å². The molecular weight excluding hydrogens is 277 g/mol. The highest BCUT2D eigenvalue weighted by molar-refractivity contribution is 5.86. The van der Waals surface area contributed by atoms with Gasteiger partial charge in [0.25, 0.3) is 0 Å². The number of hydrogen-bond acceptors (Lipinski definition) is 3. The highest BCUT2D eigenvalue weighted by Crippen LogP contribution is 2.18. The van der Waals surface area contributed by atoms with Crippen LogP contribution < -0.4 is 10.1 Å². The van der Waals surface area contributed by atoms with Gasteiger partial charge < -0.3 is 15.2 Å². The molecule has 0 aliphatic heterocycles. The maximum atomic E-state index is 13.5. The lowest BCUT2D eigenvalue weighted by atomic mass is 9.98. The van der Waals surface area contributed by atoms with Gasteiger partial charge in [-0.05, 0) is 37.5 Å². The molecule has 0 saturated carbocycles. The molecule has 1 aromatic carbocycles. The van der Waals surface area contributed by atoms with E-state index in [1.54, 1.807) is 13.0 Å². The molecule has 1 unspecified atom stereocenters. The molecule has 116 valence electrons. The van der Waals surface area contributed by atoms with Gasteiger partial charge in [-0.3, -0.25) is 4.79 Å². The number of carboxylic acid groups (broad SMARTS) is 1. The molecular formula is C15H20FNO4. The smallest absolute Gasteiger partial charge is 0.329 e. The molecule has 0 heterocycles. The second-order valence-electron chi connectivity index (χ2n) is 5.01. The minimum Gasteiger partial charge on any atom is -0.494 e. The summed E-state index contributed by atoms with van der Waals surface area (Å²) in [5.41, 5.74) is -0.626. The van der Waals surface area contributed by atoms with Crippen LogP contribution in [0.25, 0.3) is 0 Å². The van der Waals surface area contributed by atoms with Gasteiger partial charge in [-0.2, -0.15) is 0 Å². The van der Waals surface area contributed by atoms with Gasteiger partial charge in [0.2, 0.25) is 5.91 Å². The van der Waals surface area contributed by atoms with Crippen molar-refractivity contribution >= 4 is 11.9 Å². The Kier molecular flexibility index (Phi) is 5.69. The first-order valence-electron chi connectivity index (χ1n) is 6.69. The van der Waals surface area contributed by atoms with Crippen LogP contribution in [0.5, 0.6) is 5.75 Å². The number of aliphatic carboxylic acids is 1. The molecule has 1 rings (SSSR count). The molecule has 0 spiro atoms. The first kappa shape index (κ1) is 16.9. The number of ether oxygens (including phenoxy) is 1. The minimum absolute atomic E-state index is 0.0919. The zero-order chi connectivity index (χ0) is 16.0. The van der Waals surface area contributed by atoms with Crippen LogP contribution in [0.2, 0.25) is 0 Å². The number of rotatable bonds is 7. The third-order valence-electron chi connectivity index (χ3n) is 3.45. The van der Waals surface area contributed by atoms with E-state index in [4.69, 9.17) is 9.84 Å². The van der Waals surface area contributed by atoms with Crippen molar-refractivity contribution in [3.63, 3.8) is 0 Å². The molecule has 0 radical (unpaired) electrons. The van der Waals surface area contributed by atoms with Crippen LogP contribution in [-0.2, 0) is 16.0 Å². The summed E-state index contributed by atoms with van der Waals surface area (Å²) in [4.78, 5) is 22.9. The van der Waals surface area contributed by atoms with E-state index in [9.17, 15) is 14.0 Å². The fourth-order valence-corrected chi connectivity index (χ4v) is 1.79. The maximum Gasteiger partial charge on any atom is 0.329 e. The van der Waals surface area contributed by atoms with Crippen molar-refractivity contribution < 1.29 is 23.8 Å². The largest absolute Gasteiger partial charge is 0.494 e. The van der Waals surface area contributed by atoms with Gasteiger partial charge in [-0.25, -0.2) is 9.18 Å². The second-order valence-corrected chi connectivity index (χ2v) is 5.01. The van der Waals surface area contributed by atoms with E-state index in [0.29, 0.717) is 12.0 Å². The van der Waals surface area contributed by atoms with Crippen molar-refractivity contribution in [2.24, 2.45) is 0 Å². The molecule has 5 nitrogen and oxygen atoms in total. The number of carbonyl (C=O) groups is 2. The zero-order valence-electron chi connectivity index (χ0n) is 12.4. The zero-order valence-corrected chi connectivity index (χ0v) is 12.4. The molecule has 1 aromatic rings. The standard InChI is InChI=1S/C15H20FNO4/c1-4-15(2,14(19)20)17-13(18)8-6-10-5-7-12(21-3)11(16)9-10/h5,7,9H,4,6,8H2,1-3H3,(H,17,18)(H,19,20). The summed E-state index contributed by atoms with van der Waals surface area (Å²) in [6.45, 7) is 3.15. The van der Waals surface area contributed by atoms with Crippen LogP contribution in [0, 0.1) is 5.82 Å². The Labute approximate surface area is 123 Å². The number of aryl methyl sites for hydroxylation is 1. The number of halogens is 1. The Morgan fingerprint density at radius 2 is 2.10 bits per heavy atom. The third-order valence-corrected chi connectivity index (χ3v) is 3.45. The fourth-order valence-electron chi connectivity index (χ4n) is 1.79. The van der Waals surface area contributed by atoms with E-state index < -0.39 is 17.3 Å². The van der Waals surface area contributed by atoms with Crippen LogP contribution in [0.4, 0.5) is 4.39 Å². The van der Waals surface area contributed by atoms with Gasteiger partial charge in [0.05, 0.1) is 7.11 Å². The summed E-state index contributed by atoms with van der Waals surface area (Å²) in [6.07, 6.45) is 0.700. The van der Waals surface area contributed by atoms with Gasteiger partial charge >= 0.3 is 5.97 Å². The number of carboxylic acids is 1. The lowest BCUT2D eigenvalue weighted by Crippen LogP contribution is -2.51. The van der Waals surface area contributed by atoms with Gasteiger partial charge in [-0.1, -0.05) is 13.0 Å². The number of hydrogen-bond donors (Lipinski definition) is 2. The van der Waals surface area contributed by atoms with Gasteiger partial charge in [0, 0.05) is 6.42 Å². The molecule has 0 saturated heterocycles. The number of amides is 1.